The van der Waals surface area contributed by atoms with Crippen LogP contribution in [0.5, 0.6) is 17.2 Å². The summed E-state index contributed by atoms with van der Waals surface area (Å²) in [7, 11) is 0. The van der Waals surface area contributed by atoms with Crippen LogP contribution in [0.25, 0.3) is 0 Å². The van der Waals surface area contributed by atoms with Gasteiger partial charge in [0.25, 0.3) is 5.91 Å². The van der Waals surface area contributed by atoms with E-state index < -0.39 is 0 Å². The monoisotopic (exact) mass is 324 g/mol. The first-order chi connectivity index (χ1) is 11.7. The molecule has 24 heavy (non-hydrogen) atoms. The third kappa shape index (κ3) is 3.96. The number of nitriles is 1. The third-order valence-electron chi connectivity index (χ3n) is 3.43. The number of hydrogen-bond donors (Lipinski definition) is 1. The molecule has 1 heterocycles. The Morgan fingerprint density at radius 2 is 2.08 bits per heavy atom. The Balaban J connectivity index is 1.44. The highest BCUT2D eigenvalue weighted by Crippen LogP contribution is 2.30. The van der Waals surface area contributed by atoms with Crippen LogP contribution in [0.3, 0.4) is 0 Å². The van der Waals surface area contributed by atoms with Gasteiger partial charge in [0.2, 0.25) is 0 Å². The van der Waals surface area contributed by atoms with E-state index in [1.807, 2.05) is 30.3 Å². The molecule has 6 nitrogen and oxygen atoms in total. The van der Waals surface area contributed by atoms with Gasteiger partial charge in [-0.15, -0.1) is 0 Å². The molecule has 0 aliphatic carbocycles. The fraction of sp³-hybridized carbons (Fsp3) is 0.222. The lowest BCUT2D eigenvalue weighted by Crippen LogP contribution is -2.42. The topological polar surface area (TPSA) is 80.6 Å². The maximum Gasteiger partial charge on any atom is 0.258 e. The number of amides is 1. The Morgan fingerprint density at radius 3 is 2.92 bits per heavy atom. The molecule has 1 amide bonds. The van der Waals surface area contributed by atoms with Gasteiger partial charge in [-0.2, -0.15) is 5.26 Å². The quantitative estimate of drug-likeness (QED) is 0.908. The number of fused-ring (bicyclic) bond motifs is 1. The van der Waals surface area contributed by atoms with Gasteiger partial charge in [0.05, 0.1) is 18.2 Å². The molecule has 0 bridgehead atoms. The zero-order valence-electron chi connectivity index (χ0n) is 12.9. The number of benzene rings is 2. The van der Waals surface area contributed by atoms with Crippen molar-refractivity contribution in [2.75, 3.05) is 19.8 Å². The van der Waals surface area contributed by atoms with E-state index in [1.54, 1.807) is 24.3 Å². The van der Waals surface area contributed by atoms with E-state index in [0.29, 0.717) is 36.0 Å². The van der Waals surface area contributed by atoms with Crippen LogP contribution in [0.1, 0.15) is 5.56 Å². The lowest BCUT2D eigenvalue weighted by Gasteiger charge is -2.26. The number of rotatable bonds is 5. The van der Waals surface area contributed by atoms with E-state index in [2.05, 4.69) is 5.32 Å². The standard InChI is InChI=1S/C18H16N2O4/c19-9-13-4-3-5-14(8-13)22-12-18(21)20-10-15-11-23-16-6-1-2-7-17(16)24-15/h1-8,15H,10-12H2,(H,20,21)/t15-/m0/s1. The van der Waals surface area contributed by atoms with Gasteiger partial charge in [-0.3, -0.25) is 4.79 Å². The lowest BCUT2D eigenvalue weighted by molar-refractivity contribution is -0.123. The first kappa shape index (κ1) is 15.7. The van der Waals surface area contributed by atoms with Crippen molar-refractivity contribution >= 4 is 5.91 Å². The summed E-state index contributed by atoms with van der Waals surface area (Å²) in [6.45, 7) is 0.580. The molecule has 0 aromatic heterocycles. The van der Waals surface area contributed by atoms with Crippen LogP contribution in [0.15, 0.2) is 48.5 Å². The molecule has 0 saturated heterocycles. The number of nitrogens with one attached hydrogen (secondary N) is 1. The van der Waals surface area contributed by atoms with Crippen LogP contribution in [-0.2, 0) is 4.79 Å². The molecule has 3 rings (SSSR count). The summed E-state index contributed by atoms with van der Waals surface area (Å²) in [6.07, 6.45) is -0.245. The largest absolute Gasteiger partial charge is 0.486 e. The minimum atomic E-state index is -0.264. The molecule has 1 N–H and O–H groups in total. The highest BCUT2D eigenvalue weighted by atomic mass is 16.6. The molecule has 0 spiro atoms. The van der Waals surface area contributed by atoms with Gasteiger partial charge < -0.3 is 19.5 Å². The van der Waals surface area contributed by atoms with E-state index in [0.717, 1.165) is 0 Å². The summed E-state index contributed by atoms with van der Waals surface area (Å²) in [5.74, 6) is 1.60. The minimum absolute atomic E-state index is 0.126. The van der Waals surface area contributed by atoms with Gasteiger partial charge in [-0.1, -0.05) is 18.2 Å². The summed E-state index contributed by atoms with van der Waals surface area (Å²) in [5.41, 5.74) is 0.485. The van der Waals surface area contributed by atoms with E-state index in [4.69, 9.17) is 19.5 Å². The van der Waals surface area contributed by atoms with Crippen molar-refractivity contribution in [1.29, 1.82) is 5.26 Å². The Labute approximate surface area is 139 Å². The summed E-state index contributed by atoms with van der Waals surface area (Å²) in [5, 5.41) is 11.6. The number of nitrogens with zero attached hydrogens (tertiary/aromatic N) is 1. The number of carbonyl (C=O) groups is 1. The van der Waals surface area contributed by atoms with Crippen LogP contribution in [0, 0.1) is 11.3 Å². The number of para-hydroxylation sites is 2. The van der Waals surface area contributed by atoms with Crippen molar-refractivity contribution in [3.05, 3.63) is 54.1 Å². The maximum absolute atomic E-state index is 11.9. The zero-order valence-corrected chi connectivity index (χ0v) is 12.9. The predicted molar refractivity (Wildman–Crippen MR) is 86.0 cm³/mol. The van der Waals surface area contributed by atoms with Crippen LogP contribution in [0.4, 0.5) is 0 Å². The van der Waals surface area contributed by atoms with Crippen LogP contribution >= 0.6 is 0 Å². The third-order valence-corrected chi connectivity index (χ3v) is 3.43. The average Bonchev–Trinajstić information content (AvgIpc) is 2.64. The fourth-order valence-electron chi connectivity index (χ4n) is 2.25. The number of carbonyl (C=O) groups excluding carboxylic acids is 1. The second-order valence-electron chi connectivity index (χ2n) is 5.23. The van der Waals surface area contributed by atoms with E-state index in [1.165, 1.54) is 0 Å². The van der Waals surface area contributed by atoms with Crippen molar-refractivity contribution in [2.45, 2.75) is 6.10 Å². The molecule has 0 radical (unpaired) electrons. The molecule has 2 aromatic carbocycles. The van der Waals surface area contributed by atoms with E-state index in [9.17, 15) is 4.79 Å². The molecular weight excluding hydrogens is 308 g/mol. The van der Waals surface area contributed by atoms with Crippen molar-refractivity contribution in [1.82, 2.24) is 5.32 Å². The SMILES string of the molecule is N#Cc1cccc(OCC(=O)NC[C@H]2COc3ccccc3O2)c1. The average molecular weight is 324 g/mol. The van der Waals surface area contributed by atoms with Gasteiger partial charge in [-0.05, 0) is 30.3 Å². The van der Waals surface area contributed by atoms with Gasteiger partial charge in [0, 0.05) is 0 Å². The smallest absolute Gasteiger partial charge is 0.258 e. The van der Waals surface area contributed by atoms with Crippen LogP contribution in [0.2, 0.25) is 0 Å². The van der Waals surface area contributed by atoms with Crippen molar-refractivity contribution in [3.8, 4) is 23.3 Å². The molecule has 0 fully saturated rings. The number of hydrogen-bond acceptors (Lipinski definition) is 5. The van der Waals surface area contributed by atoms with E-state index >= 15 is 0 Å². The van der Waals surface area contributed by atoms with Gasteiger partial charge >= 0.3 is 0 Å². The summed E-state index contributed by atoms with van der Waals surface area (Å²) < 4.78 is 16.7. The molecule has 1 aliphatic heterocycles. The zero-order chi connectivity index (χ0) is 16.8. The Kier molecular flexibility index (Phi) is 4.82. The fourth-order valence-corrected chi connectivity index (χ4v) is 2.25. The molecule has 122 valence electrons. The van der Waals surface area contributed by atoms with Crippen molar-refractivity contribution in [2.24, 2.45) is 0 Å². The molecule has 1 aliphatic rings. The van der Waals surface area contributed by atoms with Crippen molar-refractivity contribution < 1.29 is 19.0 Å². The molecule has 6 heteroatoms. The minimum Gasteiger partial charge on any atom is -0.486 e. The predicted octanol–water partition coefficient (Wildman–Crippen LogP) is 1.89. The normalized spacial score (nSPS) is 15.2. The summed E-state index contributed by atoms with van der Waals surface area (Å²) in [4.78, 5) is 11.9. The lowest BCUT2D eigenvalue weighted by atomic mass is 10.2. The maximum atomic E-state index is 11.9. The summed E-state index contributed by atoms with van der Waals surface area (Å²) >= 11 is 0. The first-order valence-electron chi connectivity index (χ1n) is 7.53. The molecular formula is C18H16N2O4. The second kappa shape index (κ2) is 7.38. The molecule has 2 aromatic rings. The summed E-state index contributed by atoms with van der Waals surface area (Å²) in [6, 6.07) is 16.1. The Morgan fingerprint density at radius 1 is 1.25 bits per heavy atom. The van der Waals surface area contributed by atoms with E-state index in [-0.39, 0.29) is 18.6 Å². The molecule has 0 saturated carbocycles. The number of ether oxygens (including phenoxy) is 3. The van der Waals surface area contributed by atoms with Gasteiger partial charge in [-0.25, -0.2) is 0 Å². The van der Waals surface area contributed by atoms with Crippen molar-refractivity contribution in [3.63, 3.8) is 0 Å². The van der Waals surface area contributed by atoms with Gasteiger partial charge in [0.15, 0.2) is 18.1 Å². The van der Waals surface area contributed by atoms with Gasteiger partial charge in [0.1, 0.15) is 18.5 Å². The Bertz CT molecular complexity index is 770. The molecule has 0 unspecified atom stereocenters. The Hall–Kier alpha value is -3.20. The first-order valence-corrected chi connectivity index (χ1v) is 7.53. The highest BCUT2D eigenvalue weighted by molar-refractivity contribution is 5.77. The highest BCUT2D eigenvalue weighted by Gasteiger charge is 2.21. The van der Waals surface area contributed by atoms with Crippen LogP contribution in [-0.4, -0.2) is 31.8 Å². The molecule has 1 atom stereocenters. The second-order valence-corrected chi connectivity index (χ2v) is 5.23. The van der Waals surface area contributed by atoms with Crippen LogP contribution < -0.4 is 19.5 Å².